The van der Waals surface area contributed by atoms with Crippen molar-refractivity contribution in [3.05, 3.63) is 40.6 Å². The summed E-state index contributed by atoms with van der Waals surface area (Å²) in [5.41, 5.74) is 0.612. The molecular formula is C13H12F3N3O2. The number of hydrogen-bond donors (Lipinski definition) is 1. The van der Waals surface area contributed by atoms with Gasteiger partial charge in [0.2, 0.25) is 0 Å². The smallest absolute Gasteiger partial charge is 0.384 e. The minimum absolute atomic E-state index is 0.0672. The van der Waals surface area contributed by atoms with E-state index in [1.807, 2.05) is 0 Å². The number of nitro benzene ring substituents is 1. The monoisotopic (exact) mass is 299 g/mol. The Bertz CT molecular complexity index is 659. The number of pyridine rings is 1. The van der Waals surface area contributed by atoms with Gasteiger partial charge in [0.15, 0.2) is 0 Å². The van der Waals surface area contributed by atoms with E-state index in [2.05, 4.69) is 10.3 Å². The van der Waals surface area contributed by atoms with E-state index in [0.717, 1.165) is 0 Å². The second-order valence-electron chi connectivity index (χ2n) is 4.43. The predicted molar refractivity (Wildman–Crippen MR) is 72.2 cm³/mol. The Morgan fingerprint density at radius 3 is 2.71 bits per heavy atom. The summed E-state index contributed by atoms with van der Waals surface area (Å²) in [5.74, 6) is 0. The van der Waals surface area contributed by atoms with Crippen molar-refractivity contribution in [3.63, 3.8) is 0 Å². The molecule has 0 amide bonds. The summed E-state index contributed by atoms with van der Waals surface area (Å²) in [6.45, 7) is 0.126. The normalized spacial score (nSPS) is 11.6. The fourth-order valence-electron chi connectivity index (χ4n) is 1.97. The third-order valence-electron chi connectivity index (χ3n) is 2.90. The molecule has 1 N–H and O–H groups in total. The van der Waals surface area contributed by atoms with Gasteiger partial charge in [0.05, 0.1) is 4.92 Å². The Morgan fingerprint density at radius 1 is 1.29 bits per heavy atom. The zero-order valence-corrected chi connectivity index (χ0v) is 10.9. The number of rotatable bonds is 5. The number of para-hydroxylation sites is 1. The van der Waals surface area contributed by atoms with Crippen molar-refractivity contribution in [2.75, 3.05) is 11.9 Å². The Morgan fingerprint density at radius 2 is 2.05 bits per heavy atom. The highest BCUT2D eigenvalue weighted by Crippen LogP contribution is 2.28. The van der Waals surface area contributed by atoms with E-state index in [-0.39, 0.29) is 24.2 Å². The first-order valence-electron chi connectivity index (χ1n) is 6.21. The molecular weight excluding hydrogens is 287 g/mol. The number of fused-ring (bicyclic) bond motifs is 1. The van der Waals surface area contributed by atoms with Gasteiger partial charge in [-0.05, 0) is 12.5 Å². The van der Waals surface area contributed by atoms with E-state index in [4.69, 9.17) is 0 Å². The van der Waals surface area contributed by atoms with Crippen LogP contribution in [0.1, 0.15) is 12.8 Å². The Labute approximate surface area is 117 Å². The molecule has 21 heavy (non-hydrogen) atoms. The third-order valence-corrected chi connectivity index (χ3v) is 2.90. The fraction of sp³-hybridized carbons (Fsp3) is 0.308. The van der Waals surface area contributed by atoms with Crippen molar-refractivity contribution < 1.29 is 18.1 Å². The Kier molecular flexibility index (Phi) is 4.25. The summed E-state index contributed by atoms with van der Waals surface area (Å²) < 4.78 is 36.2. The van der Waals surface area contributed by atoms with Crippen LogP contribution in [0.15, 0.2) is 30.5 Å². The summed E-state index contributed by atoms with van der Waals surface area (Å²) >= 11 is 0. The molecule has 0 unspecified atom stereocenters. The van der Waals surface area contributed by atoms with E-state index in [1.54, 1.807) is 12.1 Å². The van der Waals surface area contributed by atoms with Gasteiger partial charge in [0.25, 0.3) is 5.69 Å². The van der Waals surface area contributed by atoms with Crippen molar-refractivity contribution in [1.29, 1.82) is 0 Å². The minimum Gasteiger partial charge on any atom is -0.384 e. The summed E-state index contributed by atoms with van der Waals surface area (Å²) in [5, 5.41) is 14.3. The van der Waals surface area contributed by atoms with Crippen LogP contribution in [-0.2, 0) is 0 Å². The Hall–Kier alpha value is -2.38. The lowest BCUT2D eigenvalue weighted by Gasteiger charge is -2.10. The first-order chi connectivity index (χ1) is 9.88. The molecule has 1 aromatic carbocycles. The maximum Gasteiger partial charge on any atom is 0.389 e. The van der Waals surface area contributed by atoms with Crippen LogP contribution >= 0.6 is 0 Å². The number of anilines is 1. The number of nitrogens with one attached hydrogen (secondary N) is 1. The zero-order valence-electron chi connectivity index (χ0n) is 10.9. The van der Waals surface area contributed by atoms with E-state index >= 15 is 0 Å². The van der Waals surface area contributed by atoms with Gasteiger partial charge in [-0.15, -0.1) is 0 Å². The summed E-state index contributed by atoms with van der Waals surface area (Å²) in [6.07, 6.45) is -3.73. The van der Waals surface area contributed by atoms with Crippen molar-refractivity contribution in [3.8, 4) is 0 Å². The van der Waals surface area contributed by atoms with Crippen LogP contribution in [0.3, 0.4) is 0 Å². The average molecular weight is 299 g/mol. The van der Waals surface area contributed by atoms with Crippen molar-refractivity contribution in [2.24, 2.45) is 0 Å². The zero-order chi connectivity index (χ0) is 15.5. The van der Waals surface area contributed by atoms with Crippen LogP contribution in [0, 0.1) is 10.1 Å². The number of halogens is 3. The molecule has 0 spiro atoms. The molecule has 0 atom stereocenters. The van der Waals surface area contributed by atoms with Gasteiger partial charge in [-0.3, -0.25) is 10.1 Å². The van der Waals surface area contributed by atoms with Crippen molar-refractivity contribution >= 4 is 22.3 Å². The van der Waals surface area contributed by atoms with Crippen molar-refractivity contribution in [1.82, 2.24) is 4.98 Å². The summed E-state index contributed by atoms with van der Waals surface area (Å²) in [4.78, 5) is 14.3. The van der Waals surface area contributed by atoms with Gasteiger partial charge in [-0.1, -0.05) is 12.1 Å². The summed E-state index contributed by atoms with van der Waals surface area (Å²) in [6, 6.07) is 6.08. The second kappa shape index (κ2) is 5.94. The van der Waals surface area contributed by atoms with E-state index in [9.17, 15) is 23.3 Å². The highest BCUT2D eigenvalue weighted by Gasteiger charge is 2.25. The van der Waals surface area contributed by atoms with Gasteiger partial charge >= 0.3 is 6.18 Å². The Balaban J connectivity index is 2.18. The molecule has 0 aliphatic rings. The van der Waals surface area contributed by atoms with E-state index in [0.29, 0.717) is 11.1 Å². The molecule has 8 heteroatoms. The molecule has 0 aliphatic carbocycles. The maximum atomic E-state index is 12.1. The largest absolute Gasteiger partial charge is 0.389 e. The SMILES string of the molecule is O=[N+]([O-])c1cccc2c(NCCCC(F)(F)F)ccnc12. The van der Waals surface area contributed by atoms with Crippen LogP contribution in [0.25, 0.3) is 10.9 Å². The predicted octanol–water partition coefficient (Wildman–Crippen LogP) is 3.90. The topological polar surface area (TPSA) is 68.1 Å². The number of nitrogens with zero attached hydrogens (tertiary/aromatic N) is 2. The molecule has 5 nitrogen and oxygen atoms in total. The second-order valence-corrected chi connectivity index (χ2v) is 4.43. The molecule has 0 fully saturated rings. The molecule has 2 aromatic rings. The molecule has 0 bridgehead atoms. The standard InChI is InChI=1S/C13H12F3N3O2/c14-13(15,16)6-2-7-17-10-5-8-18-12-9(10)3-1-4-11(12)19(20)21/h1,3-5,8H,2,6-7H2,(H,17,18). The minimum atomic E-state index is -4.18. The number of alkyl halides is 3. The number of nitro groups is 1. The molecule has 0 saturated carbocycles. The first kappa shape index (κ1) is 15.0. The van der Waals surface area contributed by atoms with E-state index < -0.39 is 17.5 Å². The fourth-order valence-corrected chi connectivity index (χ4v) is 1.97. The quantitative estimate of drug-likeness (QED) is 0.516. The highest BCUT2D eigenvalue weighted by atomic mass is 19.4. The lowest BCUT2D eigenvalue weighted by Crippen LogP contribution is -2.11. The molecule has 2 rings (SSSR count). The van der Waals surface area contributed by atoms with Crippen LogP contribution in [0.4, 0.5) is 24.5 Å². The highest BCUT2D eigenvalue weighted by molar-refractivity contribution is 5.96. The summed E-state index contributed by atoms with van der Waals surface area (Å²) in [7, 11) is 0. The van der Waals surface area contributed by atoms with Crippen LogP contribution in [0.2, 0.25) is 0 Å². The van der Waals surface area contributed by atoms with Gasteiger partial charge in [-0.2, -0.15) is 13.2 Å². The maximum absolute atomic E-state index is 12.1. The number of non-ortho nitro benzene ring substituents is 1. The van der Waals surface area contributed by atoms with Crippen LogP contribution in [0.5, 0.6) is 0 Å². The van der Waals surface area contributed by atoms with Gasteiger partial charge in [0.1, 0.15) is 5.52 Å². The lowest BCUT2D eigenvalue weighted by molar-refractivity contribution is -0.383. The van der Waals surface area contributed by atoms with Crippen molar-refractivity contribution in [2.45, 2.75) is 19.0 Å². The van der Waals surface area contributed by atoms with Crippen LogP contribution in [-0.4, -0.2) is 22.6 Å². The molecule has 0 saturated heterocycles. The number of aromatic nitrogens is 1. The molecule has 0 aliphatic heterocycles. The van der Waals surface area contributed by atoms with Gasteiger partial charge < -0.3 is 5.32 Å². The average Bonchev–Trinajstić information content (AvgIpc) is 2.41. The number of hydrogen-bond acceptors (Lipinski definition) is 4. The molecule has 112 valence electrons. The first-order valence-corrected chi connectivity index (χ1v) is 6.21. The third kappa shape index (κ3) is 3.80. The van der Waals surface area contributed by atoms with Gasteiger partial charge in [-0.25, -0.2) is 4.98 Å². The van der Waals surface area contributed by atoms with Crippen LogP contribution < -0.4 is 5.32 Å². The molecule has 1 aromatic heterocycles. The van der Waals surface area contributed by atoms with E-state index in [1.165, 1.54) is 18.3 Å². The number of benzene rings is 1. The molecule has 1 heterocycles. The lowest BCUT2D eigenvalue weighted by atomic mass is 10.1. The van der Waals surface area contributed by atoms with Gasteiger partial charge in [0, 0.05) is 36.3 Å². The molecule has 0 radical (unpaired) electrons.